The van der Waals surface area contributed by atoms with Crippen molar-refractivity contribution in [2.45, 2.75) is 90.4 Å². The molecule has 0 aliphatic rings. The molecule has 122 valence electrons. The van der Waals surface area contributed by atoms with E-state index in [0.717, 1.165) is 19.3 Å². The standard InChI is InChI=1S/C15H33NO3S/c1-2-3-4-5-6-7-8-9-10-11-12-13-14-15-19-20(16,17)18/h2-15H2,1H3,(H2,16,17,18). The molecule has 0 heterocycles. The Kier molecular flexibility index (Phi) is 13.7. The quantitative estimate of drug-likeness (QED) is 0.459. The lowest BCUT2D eigenvalue weighted by Gasteiger charge is -2.03. The van der Waals surface area contributed by atoms with E-state index in [4.69, 9.17) is 5.14 Å². The monoisotopic (exact) mass is 307 g/mol. The van der Waals surface area contributed by atoms with Crippen LogP contribution in [0.25, 0.3) is 0 Å². The van der Waals surface area contributed by atoms with Crippen LogP contribution in [0.1, 0.15) is 90.4 Å². The fourth-order valence-corrected chi connectivity index (χ4v) is 2.65. The van der Waals surface area contributed by atoms with Gasteiger partial charge >= 0.3 is 10.3 Å². The maximum Gasteiger partial charge on any atom is 0.333 e. The molecule has 2 N–H and O–H groups in total. The molecule has 0 radical (unpaired) electrons. The van der Waals surface area contributed by atoms with E-state index in [0.29, 0.717) is 0 Å². The molecule has 0 spiro atoms. The van der Waals surface area contributed by atoms with Crippen LogP contribution in [-0.2, 0) is 14.5 Å². The van der Waals surface area contributed by atoms with Crippen LogP contribution in [0.3, 0.4) is 0 Å². The first-order chi connectivity index (χ1) is 9.56. The summed E-state index contributed by atoms with van der Waals surface area (Å²) >= 11 is 0. The van der Waals surface area contributed by atoms with Crippen LogP contribution in [0, 0.1) is 0 Å². The molecule has 0 fully saturated rings. The highest BCUT2D eigenvalue weighted by Crippen LogP contribution is 2.12. The van der Waals surface area contributed by atoms with Gasteiger partial charge in [0.2, 0.25) is 0 Å². The molecule has 0 atom stereocenters. The SMILES string of the molecule is CCCCCCCCCCCCCCCOS(N)(=O)=O. The van der Waals surface area contributed by atoms with Gasteiger partial charge in [-0.2, -0.15) is 8.42 Å². The molecule has 0 saturated heterocycles. The van der Waals surface area contributed by atoms with E-state index in [1.165, 1.54) is 64.2 Å². The Hall–Kier alpha value is -0.130. The number of hydrogen-bond donors (Lipinski definition) is 1. The van der Waals surface area contributed by atoms with E-state index in [-0.39, 0.29) is 6.61 Å². The van der Waals surface area contributed by atoms with Gasteiger partial charge in [0.05, 0.1) is 6.61 Å². The highest BCUT2D eigenvalue weighted by atomic mass is 32.2. The fraction of sp³-hybridized carbons (Fsp3) is 1.00. The van der Waals surface area contributed by atoms with E-state index in [2.05, 4.69) is 11.1 Å². The third-order valence-corrected chi connectivity index (χ3v) is 3.99. The maximum absolute atomic E-state index is 10.5. The lowest BCUT2D eigenvalue weighted by molar-refractivity contribution is 0.306. The molecule has 0 rings (SSSR count). The van der Waals surface area contributed by atoms with Gasteiger partial charge in [-0.25, -0.2) is 5.14 Å². The number of hydrogen-bond acceptors (Lipinski definition) is 3. The highest BCUT2D eigenvalue weighted by Gasteiger charge is 2.00. The van der Waals surface area contributed by atoms with E-state index in [1.54, 1.807) is 0 Å². The van der Waals surface area contributed by atoms with E-state index < -0.39 is 10.3 Å². The van der Waals surface area contributed by atoms with Gasteiger partial charge in [0.25, 0.3) is 0 Å². The minimum Gasteiger partial charge on any atom is -0.258 e. The van der Waals surface area contributed by atoms with E-state index in [9.17, 15) is 8.42 Å². The zero-order valence-electron chi connectivity index (χ0n) is 13.1. The molecule has 0 unspecified atom stereocenters. The van der Waals surface area contributed by atoms with E-state index >= 15 is 0 Å². The van der Waals surface area contributed by atoms with Crippen LogP contribution < -0.4 is 5.14 Å². The largest absolute Gasteiger partial charge is 0.333 e. The van der Waals surface area contributed by atoms with Gasteiger partial charge in [0.15, 0.2) is 0 Å². The predicted octanol–water partition coefficient (Wildman–Crippen LogP) is 4.30. The second kappa shape index (κ2) is 13.8. The average Bonchev–Trinajstić information content (AvgIpc) is 2.38. The molecular formula is C15H33NO3S. The van der Waals surface area contributed by atoms with Gasteiger partial charge < -0.3 is 0 Å². The molecule has 0 amide bonds. The summed E-state index contributed by atoms with van der Waals surface area (Å²) in [7, 11) is -3.74. The van der Waals surface area contributed by atoms with Crippen LogP contribution in [0.4, 0.5) is 0 Å². The Bertz CT molecular complexity index is 291. The molecule has 0 saturated carbocycles. The van der Waals surface area contributed by atoms with Crippen molar-refractivity contribution in [3.8, 4) is 0 Å². The van der Waals surface area contributed by atoms with Gasteiger partial charge in [0, 0.05) is 0 Å². The third-order valence-electron chi connectivity index (χ3n) is 3.50. The fourth-order valence-electron chi connectivity index (χ4n) is 2.29. The topological polar surface area (TPSA) is 69.4 Å². The molecular weight excluding hydrogens is 274 g/mol. The number of rotatable bonds is 15. The summed E-state index contributed by atoms with van der Waals surface area (Å²) in [5, 5.41) is 4.73. The van der Waals surface area contributed by atoms with Crippen molar-refractivity contribution in [1.29, 1.82) is 0 Å². The van der Waals surface area contributed by atoms with Crippen LogP contribution in [0.5, 0.6) is 0 Å². The molecule has 0 aliphatic heterocycles. The molecule has 0 aliphatic carbocycles. The van der Waals surface area contributed by atoms with Crippen LogP contribution in [0.15, 0.2) is 0 Å². The van der Waals surface area contributed by atoms with Crippen molar-refractivity contribution in [3.63, 3.8) is 0 Å². The lowest BCUT2D eigenvalue weighted by atomic mass is 10.0. The summed E-state index contributed by atoms with van der Waals surface area (Å²) in [6.07, 6.45) is 16.5. The second-order valence-electron chi connectivity index (χ2n) is 5.56. The summed E-state index contributed by atoms with van der Waals surface area (Å²) in [5.74, 6) is 0. The van der Waals surface area contributed by atoms with Crippen LogP contribution >= 0.6 is 0 Å². The lowest BCUT2D eigenvalue weighted by Crippen LogP contribution is -2.16. The first-order valence-electron chi connectivity index (χ1n) is 8.23. The van der Waals surface area contributed by atoms with Gasteiger partial charge in [-0.3, -0.25) is 4.18 Å². The average molecular weight is 308 g/mol. The summed E-state index contributed by atoms with van der Waals surface area (Å²) in [4.78, 5) is 0. The smallest absolute Gasteiger partial charge is 0.258 e. The zero-order valence-corrected chi connectivity index (χ0v) is 13.9. The molecule has 5 heteroatoms. The molecule has 4 nitrogen and oxygen atoms in total. The van der Waals surface area contributed by atoms with Gasteiger partial charge in [-0.15, -0.1) is 0 Å². The van der Waals surface area contributed by atoms with Crippen molar-refractivity contribution in [2.75, 3.05) is 6.61 Å². The summed E-state index contributed by atoms with van der Waals surface area (Å²) in [5.41, 5.74) is 0. The van der Waals surface area contributed by atoms with Gasteiger partial charge in [0.1, 0.15) is 0 Å². The minimum atomic E-state index is -3.74. The first-order valence-corrected chi connectivity index (χ1v) is 9.70. The number of unbranched alkanes of at least 4 members (excludes halogenated alkanes) is 12. The van der Waals surface area contributed by atoms with Crippen LogP contribution in [-0.4, -0.2) is 15.0 Å². The second-order valence-corrected chi connectivity index (χ2v) is 6.78. The maximum atomic E-state index is 10.5. The first kappa shape index (κ1) is 19.9. The predicted molar refractivity (Wildman–Crippen MR) is 84.8 cm³/mol. The Balaban J connectivity index is 3.03. The minimum absolute atomic E-state index is 0.219. The molecule has 0 aromatic heterocycles. The third kappa shape index (κ3) is 17.9. The van der Waals surface area contributed by atoms with Gasteiger partial charge in [-0.05, 0) is 6.42 Å². The summed E-state index contributed by atoms with van der Waals surface area (Å²) in [6, 6.07) is 0. The van der Waals surface area contributed by atoms with Gasteiger partial charge in [-0.1, -0.05) is 84.0 Å². The van der Waals surface area contributed by atoms with Crippen LogP contribution in [0.2, 0.25) is 0 Å². The van der Waals surface area contributed by atoms with Crippen molar-refractivity contribution in [1.82, 2.24) is 0 Å². The molecule has 0 aromatic rings. The Morgan fingerprint density at radius 2 is 1.05 bits per heavy atom. The summed E-state index contributed by atoms with van der Waals surface area (Å²) in [6.45, 7) is 2.47. The zero-order chi connectivity index (χ0) is 15.1. The molecule has 20 heavy (non-hydrogen) atoms. The molecule has 0 bridgehead atoms. The highest BCUT2D eigenvalue weighted by molar-refractivity contribution is 7.84. The number of nitrogens with two attached hydrogens (primary N) is 1. The summed E-state index contributed by atoms with van der Waals surface area (Å²) < 4.78 is 25.5. The Labute approximate surface area is 125 Å². The van der Waals surface area contributed by atoms with Crippen molar-refractivity contribution < 1.29 is 12.6 Å². The normalized spacial score (nSPS) is 11.9. The van der Waals surface area contributed by atoms with Crippen molar-refractivity contribution in [2.24, 2.45) is 5.14 Å². The Morgan fingerprint density at radius 3 is 1.40 bits per heavy atom. The Morgan fingerprint density at radius 1 is 0.700 bits per heavy atom. The van der Waals surface area contributed by atoms with Crippen molar-refractivity contribution >= 4 is 10.3 Å². The van der Waals surface area contributed by atoms with Crippen molar-refractivity contribution in [3.05, 3.63) is 0 Å². The van der Waals surface area contributed by atoms with E-state index in [1.807, 2.05) is 0 Å². The molecule has 0 aromatic carbocycles.